The van der Waals surface area contributed by atoms with Gasteiger partial charge in [-0.3, -0.25) is 0 Å². The van der Waals surface area contributed by atoms with Gasteiger partial charge in [0.05, 0.1) is 13.7 Å². The summed E-state index contributed by atoms with van der Waals surface area (Å²) in [7, 11) is 1.67. The fourth-order valence-corrected chi connectivity index (χ4v) is 2.17. The monoisotopic (exact) mass is 284 g/mol. The second-order valence-electron chi connectivity index (χ2n) is 4.88. The van der Waals surface area contributed by atoms with Crippen LogP contribution in [0.1, 0.15) is 45.1 Å². The highest BCUT2D eigenvalue weighted by atomic mass is 35.5. The van der Waals surface area contributed by atoms with Crippen LogP contribution >= 0.6 is 11.6 Å². The highest BCUT2D eigenvalue weighted by Gasteiger charge is 2.07. The van der Waals surface area contributed by atoms with E-state index in [0.717, 1.165) is 30.9 Å². The van der Waals surface area contributed by atoms with Crippen molar-refractivity contribution in [2.24, 2.45) is 0 Å². The Morgan fingerprint density at radius 3 is 2.58 bits per heavy atom. The van der Waals surface area contributed by atoms with Gasteiger partial charge in [0.2, 0.25) is 0 Å². The molecule has 0 saturated carbocycles. The average Bonchev–Trinajstić information content (AvgIpc) is 2.38. The van der Waals surface area contributed by atoms with Gasteiger partial charge in [0, 0.05) is 5.38 Å². The maximum atomic E-state index is 6.03. The molecule has 0 aliphatic carbocycles. The molecule has 2 nitrogen and oxygen atoms in total. The summed E-state index contributed by atoms with van der Waals surface area (Å²) in [6, 6.07) is 6.04. The van der Waals surface area contributed by atoms with Gasteiger partial charge in [-0.2, -0.15) is 0 Å². The van der Waals surface area contributed by atoms with Crippen LogP contribution in [0.25, 0.3) is 0 Å². The minimum Gasteiger partial charge on any atom is -0.493 e. The molecule has 0 bridgehead atoms. The molecule has 0 aliphatic rings. The first-order valence-electron chi connectivity index (χ1n) is 7.11. The minimum absolute atomic E-state index is 0.130. The lowest BCUT2D eigenvalue weighted by atomic mass is 10.1. The van der Waals surface area contributed by atoms with Crippen molar-refractivity contribution < 1.29 is 9.47 Å². The Bertz CT molecular complexity index is 364. The normalized spacial score (nSPS) is 12.2. The molecule has 0 fully saturated rings. The highest BCUT2D eigenvalue weighted by molar-refractivity contribution is 6.20. The van der Waals surface area contributed by atoms with Gasteiger partial charge in [-0.1, -0.05) is 32.3 Å². The lowest BCUT2D eigenvalue weighted by Crippen LogP contribution is -2.02. The second kappa shape index (κ2) is 9.08. The van der Waals surface area contributed by atoms with Gasteiger partial charge in [0.1, 0.15) is 0 Å². The first-order chi connectivity index (χ1) is 9.17. The van der Waals surface area contributed by atoms with Crippen LogP contribution in [-0.4, -0.2) is 19.1 Å². The molecule has 108 valence electrons. The van der Waals surface area contributed by atoms with E-state index in [2.05, 4.69) is 6.92 Å². The Balaban J connectivity index is 2.57. The molecule has 1 aromatic carbocycles. The maximum absolute atomic E-state index is 6.03. The topological polar surface area (TPSA) is 18.5 Å². The molecule has 3 heteroatoms. The van der Waals surface area contributed by atoms with Gasteiger partial charge in [-0.05, 0) is 37.5 Å². The van der Waals surface area contributed by atoms with Crippen LogP contribution in [0.4, 0.5) is 0 Å². The Labute approximate surface area is 122 Å². The summed E-state index contributed by atoms with van der Waals surface area (Å²) in [6.45, 7) is 4.95. The van der Waals surface area contributed by atoms with E-state index in [1.807, 2.05) is 25.1 Å². The summed E-state index contributed by atoms with van der Waals surface area (Å²) in [4.78, 5) is 0. The third-order valence-corrected chi connectivity index (χ3v) is 3.15. The third kappa shape index (κ3) is 6.20. The lowest BCUT2D eigenvalue weighted by Gasteiger charge is -2.13. The Morgan fingerprint density at radius 2 is 1.95 bits per heavy atom. The first-order valence-corrected chi connectivity index (χ1v) is 7.54. The standard InChI is InChI=1S/C16H25ClO2/c1-4-5-6-7-10-19-16-12-14(11-13(2)17)8-9-15(16)18-3/h8-9,12-13H,4-7,10-11H2,1-3H3. The van der Waals surface area contributed by atoms with Gasteiger partial charge >= 0.3 is 0 Å². The molecule has 1 aromatic rings. The molecule has 0 radical (unpaired) electrons. The molecular formula is C16H25ClO2. The number of hydrogen-bond acceptors (Lipinski definition) is 2. The number of unbranched alkanes of at least 4 members (excludes halogenated alkanes) is 3. The fourth-order valence-electron chi connectivity index (χ4n) is 2.00. The quantitative estimate of drug-likeness (QED) is 0.478. The molecule has 1 rings (SSSR count). The molecule has 0 N–H and O–H groups in total. The van der Waals surface area contributed by atoms with E-state index < -0.39 is 0 Å². The molecule has 0 saturated heterocycles. The van der Waals surface area contributed by atoms with E-state index in [1.165, 1.54) is 24.8 Å². The maximum Gasteiger partial charge on any atom is 0.161 e. The molecule has 1 atom stereocenters. The first kappa shape index (κ1) is 16.2. The zero-order valence-corrected chi connectivity index (χ0v) is 13.0. The lowest BCUT2D eigenvalue weighted by molar-refractivity contribution is 0.285. The molecule has 0 aliphatic heterocycles. The van der Waals surface area contributed by atoms with Crippen molar-refractivity contribution >= 4 is 11.6 Å². The van der Waals surface area contributed by atoms with Crippen molar-refractivity contribution in [3.63, 3.8) is 0 Å². The average molecular weight is 285 g/mol. The van der Waals surface area contributed by atoms with E-state index >= 15 is 0 Å². The van der Waals surface area contributed by atoms with E-state index in [0.29, 0.717) is 0 Å². The van der Waals surface area contributed by atoms with Crippen LogP contribution in [0, 0.1) is 0 Å². The van der Waals surface area contributed by atoms with Crippen molar-refractivity contribution in [2.45, 2.75) is 51.3 Å². The predicted octanol–water partition coefficient (Wildman–Crippen LogP) is 4.82. The summed E-state index contributed by atoms with van der Waals surface area (Å²) >= 11 is 6.03. The van der Waals surface area contributed by atoms with Gasteiger partial charge in [-0.15, -0.1) is 11.6 Å². The Kier molecular flexibility index (Phi) is 7.73. The minimum atomic E-state index is 0.130. The number of benzene rings is 1. The van der Waals surface area contributed by atoms with Crippen LogP contribution < -0.4 is 9.47 Å². The van der Waals surface area contributed by atoms with Gasteiger partial charge in [-0.25, -0.2) is 0 Å². The number of alkyl halides is 1. The Hall–Kier alpha value is -0.890. The zero-order valence-electron chi connectivity index (χ0n) is 12.2. The van der Waals surface area contributed by atoms with E-state index in [1.54, 1.807) is 7.11 Å². The van der Waals surface area contributed by atoms with E-state index in [9.17, 15) is 0 Å². The summed E-state index contributed by atoms with van der Waals surface area (Å²) in [6.07, 6.45) is 5.67. The SMILES string of the molecule is CCCCCCOc1cc(CC(C)Cl)ccc1OC. The summed E-state index contributed by atoms with van der Waals surface area (Å²) in [5.41, 5.74) is 1.19. The van der Waals surface area contributed by atoms with Gasteiger partial charge in [0.25, 0.3) is 0 Å². The van der Waals surface area contributed by atoms with Crippen LogP contribution in [0.2, 0.25) is 0 Å². The molecule has 1 unspecified atom stereocenters. The van der Waals surface area contributed by atoms with Crippen molar-refractivity contribution in [3.05, 3.63) is 23.8 Å². The molecular weight excluding hydrogens is 260 g/mol. The number of methoxy groups -OCH3 is 1. The second-order valence-corrected chi connectivity index (χ2v) is 5.62. The van der Waals surface area contributed by atoms with Crippen molar-refractivity contribution in [2.75, 3.05) is 13.7 Å². The molecule has 0 heterocycles. The number of rotatable bonds is 9. The third-order valence-electron chi connectivity index (χ3n) is 3.00. The highest BCUT2D eigenvalue weighted by Crippen LogP contribution is 2.29. The van der Waals surface area contributed by atoms with Gasteiger partial charge < -0.3 is 9.47 Å². The Morgan fingerprint density at radius 1 is 1.16 bits per heavy atom. The number of hydrogen-bond donors (Lipinski definition) is 0. The summed E-state index contributed by atoms with van der Waals surface area (Å²) in [5.74, 6) is 1.62. The number of halogens is 1. The molecule has 0 amide bonds. The summed E-state index contributed by atoms with van der Waals surface area (Å²) in [5, 5.41) is 0.130. The fraction of sp³-hybridized carbons (Fsp3) is 0.625. The predicted molar refractivity (Wildman–Crippen MR) is 81.7 cm³/mol. The van der Waals surface area contributed by atoms with Crippen molar-refractivity contribution in [3.8, 4) is 11.5 Å². The smallest absolute Gasteiger partial charge is 0.161 e. The van der Waals surface area contributed by atoms with Crippen LogP contribution in [0.3, 0.4) is 0 Å². The van der Waals surface area contributed by atoms with Crippen LogP contribution in [0.5, 0.6) is 11.5 Å². The molecule has 0 aromatic heterocycles. The largest absolute Gasteiger partial charge is 0.493 e. The van der Waals surface area contributed by atoms with Crippen molar-refractivity contribution in [1.82, 2.24) is 0 Å². The van der Waals surface area contributed by atoms with Crippen LogP contribution in [0.15, 0.2) is 18.2 Å². The van der Waals surface area contributed by atoms with E-state index in [4.69, 9.17) is 21.1 Å². The summed E-state index contributed by atoms with van der Waals surface area (Å²) < 4.78 is 11.2. The molecule has 0 spiro atoms. The molecule has 19 heavy (non-hydrogen) atoms. The van der Waals surface area contributed by atoms with E-state index in [-0.39, 0.29) is 5.38 Å². The van der Waals surface area contributed by atoms with Gasteiger partial charge in [0.15, 0.2) is 11.5 Å². The van der Waals surface area contributed by atoms with Crippen molar-refractivity contribution in [1.29, 1.82) is 0 Å². The van der Waals surface area contributed by atoms with Crippen LogP contribution in [-0.2, 0) is 6.42 Å². The number of ether oxygens (including phenoxy) is 2. The zero-order chi connectivity index (χ0) is 14.1.